The molecule has 0 aromatic carbocycles. The van der Waals surface area contributed by atoms with E-state index in [1.807, 2.05) is 63.4 Å². The molecule has 0 bridgehead atoms. The van der Waals surface area contributed by atoms with Gasteiger partial charge in [-0.1, -0.05) is 237 Å². The van der Waals surface area contributed by atoms with E-state index in [0.29, 0.717) is 39.3 Å². The number of fused-ring (bicyclic) bond motifs is 1. The Bertz CT molecular complexity index is 5110. The van der Waals surface area contributed by atoms with Crippen molar-refractivity contribution in [1.82, 2.24) is 94.9 Å². The van der Waals surface area contributed by atoms with Gasteiger partial charge in [-0.3, -0.25) is 35.0 Å². The molecule has 0 radical (unpaired) electrons. The number of aromatic amines is 1. The van der Waals surface area contributed by atoms with Crippen molar-refractivity contribution in [2.45, 2.75) is 283 Å². The number of nitrogen functional groups attached to an aromatic ring is 4. The van der Waals surface area contributed by atoms with Crippen LogP contribution >= 0.6 is 55.1 Å². The van der Waals surface area contributed by atoms with Gasteiger partial charge in [-0.2, -0.15) is 5.10 Å². The van der Waals surface area contributed by atoms with Crippen molar-refractivity contribution in [1.29, 1.82) is 0 Å². The van der Waals surface area contributed by atoms with Crippen LogP contribution in [0.5, 0.6) is 5.88 Å². The van der Waals surface area contributed by atoms with E-state index >= 15 is 0 Å². The minimum atomic E-state index is -0.0547. The lowest BCUT2D eigenvalue weighted by Gasteiger charge is -2.31. The summed E-state index contributed by atoms with van der Waals surface area (Å²) in [7, 11) is 1.60. The molecular formula is C96H145Br2Cl2N25O3. The van der Waals surface area contributed by atoms with E-state index in [9.17, 15) is 0 Å². The van der Waals surface area contributed by atoms with E-state index in [1.54, 1.807) is 75.4 Å². The largest absolute Gasteiger partial charge is 0.480 e. The quantitative estimate of drug-likeness (QED) is 0.110. The van der Waals surface area contributed by atoms with Crippen molar-refractivity contribution < 1.29 is 14.2 Å². The average molecular weight is 1930 g/mol. The fraction of sp³-hybridized carbons (Fsp3) is 0.542. The molecule has 13 heterocycles. The standard InChI is InChI=1S/C13H21N3O.C12H19N3O.C10H16N2O.C9H11BrN4.C9H13ClN2.3C9H14N2.C8H12BrN3.C8H11ClN2/c1-10-12(13(2,3)4)14-9-11(15-10)16-5-7-17-8-6-16;1-12(2,3)10-11(14-5-4-13-10)15-6-8-16-9-7-15;1-7-9(10(2,3)4)11-6-8(12-7)13-5;1-9(2,3)6-5-7(10)13-14-8(5)12-4-11-6;1-6-8(9(2,3)4)11-5-7(10)12-6;1-9(2,3)7-4-5-11-8(10)6-7;1-9(2,3)8-7(10)5-4-6-11-8;1-9(2,3)7-5-4-6-11-8(7)10;1-8(2,3)6-7(10)11-4-5(9)12-6;1-8(2,3)6-7(9)11-5-4-10-6/h9H,5-8H2,1-4H3;4-5H,6-9H2,1-3H3;6H,1-5H3;4H,1-3H3,(H,11,12,13,14);5H,1-4H3;4-6H,1-3H3,(H2,10,11);4-6H,10H2,1-3H3;4-6H,1-3H3,(H2,10,11);4H,1-3H3,(H2,10,11);4-5H,1-3H3. The van der Waals surface area contributed by atoms with Crippen molar-refractivity contribution in [3.05, 3.63) is 204 Å². The lowest BCUT2D eigenvalue weighted by molar-refractivity contribution is 0.122. The monoisotopic (exact) mass is 1920 g/mol. The molecule has 2 fully saturated rings. The fourth-order valence-electron chi connectivity index (χ4n) is 12.7. The van der Waals surface area contributed by atoms with Crippen molar-refractivity contribution in [2.75, 3.05) is 92.5 Å². The lowest BCUT2D eigenvalue weighted by atomic mass is 9.87. The van der Waals surface area contributed by atoms with Crippen LogP contribution < -0.4 is 37.5 Å². The van der Waals surface area contributed by atoms with Crippen LogP contribution in [0.15, 0.2) is 120 Å². The van der Waals surface area contributed by atoms with Gasteiger partial charge in [0.15, 0.2) is 16.6 Å². The number of aryl methyl sites for hydroxylation is 3. The smallest absolute Gasteiger partial charge is 0.232 e. The lowest BCUT2D eigenvalue weighted by Crippen LogP contribution is -2.38. The first kappa shape index (κ1) is 111. The summed E-state index contributed by atoms with van der Waals surface area (Å²) in [6, 6.07) is 11.6. The maximum atomic E-state index is 5.84. The molecule has 0 aliphatic carbocycles. The van der Waals surface area contributed by atoms with Crippen LogP contribution in [0.3, 0.4) is 0 Å². The Labute approximate surface area is 789 Å². The molecular weight excluding hydrogens is 1780 g/mol. The van der Waals surface area contributed by atoms with E-state index in [0.717, 1.165) is 153 Å². The number of halogens is 4. The highest BCUT2D eigenvalue weighted by atomic mass is 79.9. The molecule has 0 spiro atoms. The molecule has 11 aromatic rings. The van der Waals surface area contributed by atoms with Crippen LogP contribution in [0, 0.1) is 20.8 Å². The molecule has 0 unspecified atom stereocenters. The zero-order chi connectivity index (χ0) is 97.1. The summed E-state index contributed by atoms with van der Waals surface area (Å²) in [5, 5.41) is 8.85. The Morgan fingerprint density at radius 3 is 1.28 bits per heavy atom. The minimum absolute atomic E-state index is 0.00637. The van der Waals surface area contributed by atoms with Crippen molar-refractivity contribution >= 4 is 101 Å². The number of hydrogen-bond donors (Lipinski definition) is 5. The Hall–Kier alpha value is -9.46. The second kappa shape index (κ2) is 47.9. The summed E-state index contributed by atoms with van der Waals surface area (Å²) in [4.78, 5) is 76.7. The zero-order valence-corrected chi connectivity index (χ0v) is 87.2. The number of morpholine rings is 2. The number of nitrogens with one attached hydrogen (secondary N) is 1. The second-order valence-electron chi connectivity index (χ2n) is 41.0. The topological polar surface area (TPSA) is 386 Å². The van der Waals surface area contributed by atoms with E-state index in [1.165, 1.54) is 5.56 Å². The van der Waals surface area contributed by atoms with E-state index in [-0.39, 0.29) is 54.1 Å². The number of aromatic nitrogens is 19. The van der Waals surface area contributed by atoms with Crippen molar-refractivity contribution in [3.63, 3.8) is 0 Å². The minimum Gasteiger partial charge on any atom is -0.480 e. The normalized spacial score (nSPS) is 13.2. The molecule has 11 aromatic heterocycles. The molecule has 2 saturated heterocycles. The summed E-state index contributed by atoms with van der Waals surface area (Å²) in [6.07, 6.45) is 20.3. The summed E-state index contributed by atoms with van der Waals surface area (Å²) < 4.78 is 17.3. The SMILES string of the molecule is CC(C)(C)c1cccnc1N.CC(C)(C)c1ccnc(N)c1.CC(C)(C)c1nc(Br)cnc1N.CC(C)(C)c1ncccc1N.CC(C)(C)c1nccnc1Cl.CC(C)(C)c1nccnc1N1CCOCC1.CC(C)(C)c1ncnc2n[nH]c(Br)c12.COc1cnc(C(C)(C)C)c(C)n1.Cc1nc(Cl)cnc1C(C)(C)C.Cc1nc(N2CCOCC2)cnc1C(C)(C)C. The third-order valence-corrected chi connectivity index (χ3v) is 20.3. The van der Waals surface area contributed by atoms with Gasteiger partial charge >= 0.3 is 0 Å². The number of rotatable bonds is 3. The molecule has 13 rings (SSSR count). The van der Waals surface area contributed by atoms with E-state index < -0.39 is 0 Å². The van der Waals surface area contributed by atoms with Crippen LogP contribution in [-0.2, 0) is 63.6 Å². The maximum absolute atomic E-state index is 5.84. The Kier molecular flexibility index (Phi) is 41.5. The number of hydrogen-bond acceptors (Lipinski definition) is 27. The van der Waals surface area contributed by atoms with Gasteiger partial charge in [0.05, 0.1) is 132 Å². The number of H-pyrrole nitrogens is 1. The number of nitrogens with two attached hydrogens (primary N) is 4. The number of pyridine rings is 3. The first-order valence-electron chi connectivity index (χ1n) is 42.8. The summed E-state index contributed by atoms with van der Waals surface area (Å²) in [5.74, 6) is 4.30. The summed E-state index contributed by atoms with van der Waals surface area (Å²) in [6.45, 7) is 76.2. The van der Waals surface area contributed by atoms with Crippen LogP contribution in [-0.4, -0.2) is 155 Å². The zero-order valence-electron chi connectivity index (χ0n) is 82.5. The van der Waals surface area contributed by atoms with Gasteiger partial charge in [0.25, 0.3) is 0 Å². The average Bonchev–Trinajstić information content (AvgIpc) is 1.64. The molecule has 0 amide bonds. The van der Waals surface area contributed by atoms with Gasteiger partial charge < -0.3 is 46.9 Å². The Morgan fingerprint density at radius 1 is 0.398 bits per heavy atom. The molecule has 2 aliphatic heterocycles. The second-order valence-corrected chi connectivity index (χ2v) is 43.3. The highest BCUT2D eigenvalue weighted by Gasteiger charge is 2.29. The number of ether oxygens (including phenoxy) is 3. The molecule has 28 nitrogen and oxygen atoms in total. The van der Waals surface area contributed by atoms with Crippen LogP contribution in [0.2, 0.25) is 10.3 Å². The van der Waals surface area contributed by atoms with Crippen LogP contribution in [0.4, 0.5) is 34.8 Å². The number of methoxy groups -OCH3 is 1. The first-order chi connectivity index (χ1) is 58.9. The molecule has 128 heavy (non-hydrogen) atoms. The molecule has 700 valence electrons. The summed E-state index contributed by atoms with van der Waals surface area (Å²) in [5.41, 5.74) is 37.6. The Morgan fingerprint density at radius 2 is 0.859 bits per heavy atom. The predicted molar refractivity (Wildman–Crippen MR) is 533 cm³/mol. The van der Waals surface area contributed by atoms with Crippen molar-refractivity contribution in [2.24, 2.45) is 0 Å². The molecule has 0 saturated carbocycles. The molecule has 9 N–H and O–H groups in total. The van der Waals surface area contributed by atoms with Gasteiger partial charge in [-0.05, 0) is 105 Å². The maximum Gasteiger partial charge on any atom is 0.232 e. The van der Waals surface area contributed by atoms with Crippen molar-refractivity contribution in [3.8, 4) is 5.88 Å². The molecule has 32 heteroatoms. The van der Waals surface area contributed by atoms with Gasteiger partial charge in [0.2, 0.25) is 5.88 Å². The van der Waals surface area contributed by atoms with Gasteiger partial charge in [-0.15, -0.1) is 0 Å². The first-order valence-corrected chi connectivity index (χ1v) is 45.2. The van der Waals surface area contributed by atoms with E-state index in [4.69, 9.17) is 60.3 Å². The van der Waals surface area contributed by atoms with Gasteiger partial charge in [-0.25, -0.2) is 54.8 Å². The molecule has 2 aliphatic rings. The highest BCUT2D eigenvalue weighted by Crippen LogP contribution is 2.35. The number of anilines is 6. The summed E-state index contributed by atoms with van der Waals surface area (Å²) >= 11 is 18.2. The highest BCUT2D eigenvalue weighted by molar-refractivity contribution is 9.10. The van der Waals surface area contributed by atoms with E-state index in [2.05, 4.69) is 344 Å². The van der Waals surface area contributed by atoms with Gasteiger partial charge in [0, 0.05) is 113 Å². The van der Waals surface area contributed by atoms with Crippen LogP contribution in [0.1, 0.15) is 281 Å². The third kappa shape index (κ3) is 36.8. The molecule has 0 atom stereocenters. The third-order valence-electron chi connectivity index (χ3n) is 18.9. The van der Waals surface area contributed by atoms with Crippen LogP contribution in [0.25, 0.3) is 11.0 Å². The Balaban J connectivity index is 0.000000299. The number of nitrogens with zero attached hydrogens (tertiary/aromatic N) is 20. The van der Waals surface area contributed by atoms with Gasteiger partial charge in [0.1, 0.15) is 44.0 Å². The fourth-order valence-corrected chi connectivity index (χ4v) is 14.0. The predicted octanol–water partition coefficient (Wildman–Crippen LogP) is 21.2.